The molecule has 3 nitrogen and oxygen atoms in total. The van der Waals surface area contributed by atoms with Crippen molar-refractivity contribution in [1.29, 1.82) is 0 Å². The Balaban J connectivity index is 1.48. The van der Waals surface area contributed by atoms with Gasteiger partial charge in [-0.05, 0) is 77.7 Å². The van der Waals surface area contributed by atoms with E-state index in [1.54, 1.807) is 0 Å². The molecule has 0 amide bonds. The number of hydrogen-bond donors (Lipinski definition) is 0. The van der Waals surface area contributed by atoms with Crippen LogP contribution in [0.2, 0.25) is 0 Å². The van der Waals surface area contributed by atoms with Crippen LogP contribution >= 0.6 is 0 Å². The third-order valence-corrected chi connectivity index (χ3v) is 9.96. The van der Waals surface area contributed by atoms with E-state index in [9.17, 15) is 0 Å². The first kappa shape index (κ1) is 40.3. The second-order valence-electron chi connectivity index (χ2n) is 14.5. The molecular formula is C42H77NO2. The summed E-state index contributed by atoms with van der Waals surface area (Å²) in [4.78, 5) is 2.36. The molecular weight excluding hydrogens is 550 g/mol. The van der Waals surface area contributed by atoms with E-state index in [1.165, 1.54) is 161 Å². The molecule has 2 atom stereocenters. The van der Waals surface area contributed by atoms with Gasteiger partial charge in [-0.15, -0.1) is 0 Å². The van der Waals surface area contributed by atoms with Crippen LogP contribution in [0.25, 0.3) is 0 Å². The molecule has 0 aromatic heterocycles. The normalized spacial score (nSPS) is 20.1. The summed E-state index contributed by atoms with van der Waals surface area (Å²) in [6, 6.07) is 0. The summed E-state index contributed by atoms with van der Waals surface area (Å²) in [5.41, 5.74) is 0. The maximum Gasteiger partial charge on any atom is 0.169 e. The molecule has 0 aliphatic carbocycles. The zero-order chi connectivity index (χ0) is 32.1. The van der Waals surface area contributed by atoms with Gasteiger partial charge in [0, 0.05) is 25.9 Å². The monoisotopic (exact) mass is 628 g/mol. The molecule has 3 heteroatoms. The number of allylic oxidation sites excluding steroid dienone is 6. The minimum Gasteiger partial charge on any atom is -0.343 e. The number of nitrogens with zero attached hydrogens (tertiary/aromatic N) is 1. The number of likely N-dealkylation sites (N-methyl/N-ethyl adjacent to an activating group) is 1. The van der Waals surface area contributed by atoms with Crippen LogP contribution in [0.3, 0.4) is 0 Å². The van der Waals surface area contributed by atoms with E-state index in [0.717, 1.165) is 32.4 Å². The molecule has 2 rings (SSSR count). The molecule has 2 saturated heterocycles. The first-order chi connectivity index (χ1) is 22.2. The first-order valence-corrected chi connectivity index (χ1v) is 20.2. The number of unbranched alkanes of at least 4 members (excludes halogenated alkanes) is 21. The van der Waals surface area contributed by atoms with Crippen molar-refractivity contribution in [3.8, 4) is 0 Å². The quantitative estimate of drug-likeness (QED) is 0.0564. The van der Waals surface area contributed by atoms with Gasteiger partial charge in [-0.3, -0.25) is 0 Å². The summed E-state index contributed by atoms with van der Waals surface area (Å²) < 4.78 is 13.4. The van der Waals surface area contributed by atoms with Crippen LogP contribution in [0.1, 0.15) is 194 Å². The van der Waals surface area contributed by atoms with Crippen LogP contribution in [-0.4, -0.2) is 43.0 Å². The third-order valence-electron chi connectivity index (χ3n) is 9.96. The van der Waals surface area contributed by atoms with Crippen molar-refractivity contribution in [3.05, 3.63) is 36.5 Å². The summed E-state index contributed by atoms with van der Waals surface area (Å²) in [5.74, 6) is -0.299. The predicted octanol–water partition coefficient (Wildman–Crippen LogP) is 13.0. The summed E-state index contributed by atoms with van der Waals surface area (Å²) in [6.45, 7) is 6.63. The lowest BCUT2D eigenvalue weighted by Crippen LogP contribution is -2.34. The minimum atomic E-state index is -0.299. The highest BCUT2D eigenvalue weighted by atomic mass is 16.8. The maximum atomic E-state index is 6.71. The smallest absolute Gasteiger partial charge is 0.169 e. The standard InChI is InChI=1S/C42H77NO2/c1-4-6-8-10-12-14-16-18-20-22-24-26-28-30-32-34-36-42(44-40-38-43(3)39-41(40)45-42)37-35-33-31-29-27-25-23-21-19-17-15-13-11-9-7-5-2/h12,14,18-21,40-41H,4-11,13,15-17,22-39H2,1-3H3/b14-12-,20-18-,21-19-/t40-,41-/m0/s1. The van der Waals surface area contributed by atoms with Gasteiger partial charge in [0.2, 0.25) is 0 Å². The Morgan fingerprint density at radius 1 is 0.467 bits per heavy atom. The van der Waals surface area contributed by atoms with Crippen molar-refractivity contribution in [2.24, 2.45) is 0 Å². The summed E-state index contributed by atoms with van der Waals surface area (Å²) in [6.07, 6.45) is 51.6. The van der Waals surface area contributed by atoms with E-state index in [2.05, 4.69) is 62.3 Å². The van der Waals surface area contributed by atoms with Gasteiger partial charge in [-0.2, -0.15) is 0 Å². The van der Waals surface area contributed by atoms with E-state index in [0.29, 0.717) is 0 Å². The lowest BCUT2D eigenvalue weighted by molar-refractivity contribution is -0.193. The number of rotatable bonds is 31. The Labute approximate surface area is 282 Å². The lowest BCUT2D eigenvalue weighted by Gasteiger charge is -2.30. The van der Waals surface area contributed by atoms with E-state index in [4.69, 9.17) is 9.47 Å². The van der Waals surface area contributed by atoms with Crippen molar-refractivity contribution >= 4 is 0 Å². The predicted molar refractivity (Wildman–Crippen MR) is 198 cm³/mol. The molecule has 262 valence electrons. The van der Waals surface area contributed by atoms with E-state index < -0.39 is 0 Å². The van der Waals surface area contributed by atoms with Crippen LogP contribution < -0.4 is 0 Å². The summed E-state index contributed by atoms with van der Waals surface area (Å²) in [7, 11) is 2.19. The fraction of sp³-hybridized carbons (Fsp3) is 0.857. The van der Waals surface area contributed by atoms with Gasteiger partial charge in [0.05, 0.1) is 0 Å². The fourth-order valence-electron chi connectivity index (χ4n) is 7.11. The Bertz CT molecular complexity index is 729. The second kappa shape index (κ2) is 28.1. The van der Waals surface area contributed by atoms with Crippen molar-refractivity contribution < 1.29 is 9.47 Å². The van der Waals surface area contributed by atoms with Gasteiger partial charge in [0.15, 0.2) is 5.79 Å². The average molecular weight is 628 g/mol. The topological polar surface area (TPSA) is 21.7 Å². The van der Waals surface area contributed by atoms with Gasteiger partial charge in [0.1, 0.15) is 12.2 Å². The number of hydrogen-bond acceptors (Lipinski definition) is 3. The molecule has 0 aromatic carbocycles. The van der Waals surface area contributed by atoms with Crippen molar-refractivity contribution in [2.75, 3.05) is 20.1 Å². The van der Waals surface area contributed by atoms with E-state index >= 15 is 0 Å². The van der Waals surface area contributed by atoms with Crippen molar-refractivity contribution in [2.45, 2.75) is 212 Å². The fourth-order valence-corrected chi connectivity index (χ4v) is 7.11. The minimum absolute atomic E-state index is 0.286. The molecule has 0 saturated carbocycles. The zero-order valence-electron chi connectivity index (χ0n) is 30.6. The number of fused-ring (bicyclic) bond motifs is 1. The average Bonchev–Trinajstić information content (AvgIpc) is 3.54. The van der Waals surface area contributed by atoms with Crippen molar-refractivity contribution in [1.82, 2.24) is 4.90 Å². The SMILES string of the molecule is CCCCC/C=C\C/C=C\CCCCCCCCC1(CCCCCCCC/C=C\CCCCCCCC)O[C@H]2CN(C)C[C@@H]2O1. The molecule has 2 heterocycles. The molecule has 0 unspecified atom stereocenters. The van der Waals surface area contributed by atoms with Crippen LogP contribution in [0.5, 0.6) is 0 Å². The van der Waals surface area contributed by atoms with Gasteiger partial charge in [-0.25, -0.2) is 0 Å². The Hall–Kier alpha value is -0.900. The molecule has 0 aromatic rings. The van der Waals surface area contributed by atoms with Crippen LogP contribution in [0.15, 0.2) is 36.5 Å². The molecule has 45 heavy (non-hydrogen) atoms. The van der Waals surface area contributed by atoms with E-state index in [-0.39, 0.29) is 18.0 Å². The highest BCUT2D eigenvalue weighted by Crippen LogP contribution is 2.40. The maximum absolute atomic E-state index is 6.71. The van der Waals surface area contributed by atoms with Gasteiger partial charge in [0.25, 0.3) is 0 Å². The zero-order valence-corrected chi connectivity index (χ0v) is 30.6. The molecule has 0 bridgehead atoms. The van der Waals surface area contributed by atoms with Gasteiger partial charge in [-0.1, -0.05) is 147 Å². The third kappa shape index (κ3) is 20.8. The van der Waals surface area contributed by atoms with Crippen LogP contribution in [0.4, 0.5) is 0 Å². The number of likely N-dealkylation sites (tertiary alicyclic amines) is 1. The highest BCUT2D eigenvalue weighted by Gasteiger charge is 2.49. The van der Waals surface area contributed by atoms with Crippen LogP contribution in [-0.2, 0) is 9.47 Å². The molecule has 2 aliphatic heterocycles. The van der Waals surface area contributed by atoms with Crippen LogP contribution in [0, 0.1) is 0 Å². The Morgan fingerprint density at radius 3 is 1.24 bits per heavy atom. The lowest BCUT2D eigenvalue weighted by atomic mass is 9.98. The molecule has 0 spiro atoms. The number of ether oxygens (including phenoxy) is 2. The summed E-state index contributed by atoms with van der Waals surface area (Å²) >= 11 is 0. The second-order valence-corrected chi connectivity index (χ2v) is 14.5. The molecule has 2 fully saturated rings. The Kier molecular flexibility index (Phi) is 25.2. The summed E-state index contributed by atoms with van der Waals surface area (Å²) in [5, 5.41) is 0. The largest absolute Gasteiger partial charge is 0.343 e. The molecule has 2 aliphatic rings. The first-order valence-electron chi connectivity index (χ1n) is 20.2. The Morgan fingerprint density at radius 2 is 0.800 bits per heavy atom. The van der Waals surface area contributed by atoms with Gasteiger partial charge < -0.3 is 14.4 Å². The highest BCUT2D eigenvalue weighted by molar-refractivity contribution is 4.94. The van der Waals surface area contributed by atoms with Crippen molar-refractivity contribution in [3.63, 3.8) is 0 Å². The molecule has 0 radical (unpaired) electrons. The van der Waals surface area contributed by atoms with Gasteiger partial charge >= 0.3 is 0 Å². The molecule has 0 N–H and O–H groups in total. The van der Waals surface area contributed by atoms with E-state index in [1.807, 2.05) is 0 Å².